The second-order valence-electron chi connectivity index (χ2n) is 4.47. The van der Waals surface area contributed by atoms with Crippen LogP contribution in [0.1, 0.15) is 27.7 Å². The van der Waals surface area contributed by atoms with Crippen LogP contribution in [0.15, 0.2) is 54.6 Å². The summed E-state index contributed by atoms with van der Waals surface area (Å²) in [6.45, 7) is 8.28. The van der Waals surface area contributed by atoms with Crippen LogP contribution < -0.4 is 9.75 Å². The molecule has 0 radical (unpaired) electrons. The van der Waals surface area contributed by atoms with E-state index in [0.29, 0.717) is 0 Å². The summed E-state index contributed by atoms with van der Waals surface area (Å²) in [5.41, 5.74) is 0. The molecule has 0 fully saturated rings. The quantitative estimate of drug-likeness (QED) is 0.541. The van der Waals surface area contributed by atoms with Crippen molar-refractivity contribution in [3.8, 4) is 4.90 Å². The van der Waals surface area contributed by atoms with Gasteiger partial charge >= 0.3 is 0 Å². The lowest BCUT2D eigenvalue weighted by molar-refractivity contribution is 1.50. The molecule has 1 atom stereocenters. The fraction of sp³-hybridized carbons (Fsp3) is 0.200. The smallest absolute Gasteiger partial charge is 0.0741 e. The van der Waals surface area contributed by atoms with Gasteiger partial charge in [0.05, 0.1) is 0 Å². The molecule has 1 unspecified atom stereocenters. The van der Waals surface area contributed by atoms with Gasteiger partial charge in [0.25, 0.3) is 0 Å². The molecule has 0 bridgehead atoms. The molecule has 3 aromatic rings. The van der Waals surface area contributed by atoms with Gasteiger partial charge in [-0.15, -0.1) is 0 Å². The molecule has 21 heavy (non-hydrogen) atoms. The van der Waals surface area contributed by atoms with Crippen LogP contribution in [0.25, 0.3) is 27.1 Å². The molecule has 3 rings (SSSR count). The van der Waals surface area contributed by atoms with Crippen molar-refractivity contribution in [2.45, 2.75) is 27.7 Å². The van der Waals surface area contributed by atoms with E-state index in [-0.39, 0.29) is 10.5 Å². The number of hydrogen-bond donors (Lipinski definition) is 0. The summed E-state index contributed by atoms with van der Waals surface area (Å²) >= 11 is 0. The minimum Gasteiger partial charge on any atom is -0.0741 e. The van der Waals surface area contributed by atoms with Crippen LogP contribution in [0.3, 0.4) is 0 Å². The van der Waals surface area contributed by atoms with Crippen molar-refractivity contribution >= 4 is 32.7 Å². The normalized spacial score (nSPS) is 13.2. The van der Waals surface area contributed by atoms with E-state index in [2.05, 4.69) is 80.6 Å². The molecule has 2 aromatic carbocycles. The van der Waals surface area contributed by atoms with Crippen molar-refractivity contribution in [1.82, 2.24) is 0 Å². The van der Waals surface area contributed by atoms with Crippen molar-refractivity contribution < 1.29 is 0 Å². The SMILES string of the molecule is C/C=c1\c(=C/C)[s+](-c2ccccc2)c2ccccc12.CC. The van der Waals surface area contributed by atoms with Crippen LogP contribution in [0.4, 0.5) is 0 Å². The first-order chi connectivity index (χ1) is 10.4. The summed E-state index contributed by atoms with van der Waals surface area (Å²) in [5, 5.41) is 2.79. The van der Waals surface area contributed by atoms with Crippen LogP contribution in [-0.4, -0.2) is 0 Å². The third-order valence-corrected chi connectivity index (χ3v) is 5.85. The highest BCUT2D eigenvalue weighted by Crippen LogP contribution is 2.33. The van der Waals surface area contributed by atoms with Gasteiger partial charge in [0.2, 0.25) is 0 Å². The number of thiophene rings is 1. The van der Waals surface area contributed by atoms with Gasteiger partial charge in [-0.05, 0) is 44.2 Å². The summed E-state index contributed by atoms with van der Waals surface area (Å²) < 4.78 is 2.91. The van der Waals surface area contributed by atoms with E-state index in [4.69, 9.17) is 0 Å². The van der Waals surface area contributed by atoms with E-state index in [9.17, 15) is 0 Å². The van der Waals surface area contributed by atoms with E-state index in [1.54, 1.807) is 0 Å². The van der Waals surface area contributed by atoms with Gasteiger partial charge < -0.3 is 0 Å². The first kappa shape index (κ1) is 15.5. The van der Waals surface area contributed by atoms with Crippen molar-refractivity contribution in [2.75, 3.05) is 0 Å². The summed E-state index contributed by atoms with van der Waals surface area (Å²) in [5.74, 6) is 0. The average Bonchev–Trinajstić information content (AvgIpc) is 2.90. The van der Waals surface area contributed by atoms with Crippen LogP contribution in [0, 0.1) is 0 Å². The first-order valence-electron chi connectivity index (χ1n) is 7.58. The lowest BCUT2D eigenvalue weighted by atomic mass is 10.2. The predicted molar refractivity (Wildman–Crippen MR) is 98.6 cm³/mol. The summed E-state index contributed by atoms with van der Waals surface area (Å²) in [7, 11) is 0.0594. The van der Waals surface area contributed by atoms with Crippen molar-refractivity contribution in [1.29, 1.82) is 0 Å². The largest absolute Gasteiger partial charge is 0.187 e. The fourth-order valence-corrected chi connectivity index (χ4v) is 5.08. The zero-order chi connectivity index (χ0) is 15.2. The molecule has 0 aliphatic rings. The number of fused-ring (bicyclic) bond motifs is 1. The van der Waals surface area contributed by atoms with Crippen molar-refractivity contribution in [3.63, 3.8) is 0 Å². The monoisotopic (exact) mass is 295 g/mol. The number of rotatable bonds is 1. The van der Waals surface area contributed by atoms with Crippen molar-refractivity contribution in [2.24, 2.45) is 0 Å². The fourth-order valence-electron chi connectivity index (χ4n) is 2.61. The topological polar surface area (TPSA) is 0 Å². The molecular weight excluding hydrogens is 272 g/mol. The Balaban J connectivity index is 0.000000774. The van der Waals surface area contributed by atoms with Gasteiger partial charge in [-0.1, -0.05) is 50.3 Å². The third kappa shape index (κ3) is 2.79. The lowest BCUT2D eigenvalue weighted by Gasteiger charge is -1.90. The van der Waals surface area contributed by atoms with E-state index >= 15 is 0 Å². The van der Waals surface area contributed by atoms with Crippen LogP contribution in [0.2, 0.25) is 0 Å². The van der Waals surface area contributed by atoms with Gasteiger partial charge in [-0.25, -0.2) is 0 Å². The second kappa shape index (κ2) is 7.24. The maximum absolute atomic E-state index is 2.27. The van der Waals surface area contributed by atoms with Gasteiger partial charge in [0, 0.05) is 21.1 Å². The third-order valence-electron chi connectivity index (χ3n) is 3.41. The zero-order valence-corrected chi connectivity index (χ0v) is 14.1. The molecule has 108 valence electrons. The molecule has 0 amide bonds. The molecular formula is C20H23S+. The van der Waals surface area contributed by atoms with Crippen LogP contribution in [0.5, 0.6) is 0 Å². The molecule has 1 aromatic heterocycles. The Morgan fingerprint density at radius 2 is 1.38 bits per heavy atom. The Kier molecular flexibility index (Phi) is 5.35. The van der Waals surface area contributed by atoms with Crippen LogP contribution >= 0.6 is 10.5 Å². The van der Waals surface area contributed by atoms with Gasteiger partial charge in [-0.3, -0.25) is 0 Å². The molecule has 0 aliphatic heterocycles. The van der Waals surface area contributed by atoms with Crippen molar-refractivity contribution in [3.05, 3.63) is 64.3 Å². The van der Waals surface area contributed by atoms with E-state index in [1.807, 2.05) is 13.8 Å². The highest BCUT2D eigenvalue weighted by atomic mass is 32.2. The summed E-state index contributed by atoms with van der Waals surface area (Å²) in [6, 6.07) is 19.6. The minimum absolute atomic E-state index is 0.0594. The summed E-state index contributed by atoms with van der Waals surface area (Å²) in [6.07, 6.45) is 4.51. The lowest BCUT2D eigenvalue weighted by Crippen LogP contribution is -2.18. The molecule has 1 heteroatoms. The Bertz CT molecular complexity index is 823. The molecule has 1 heterocycles. The maximum Gasteiger partial charge on any atom is 0.187 e. The maximum atomic E-state index is 2.27. The highest BCUT2D eigenvalue weighted by molar-refractivity contribution is 7.43. The zero-order valence-electron chi connectivity index (χ0n) is 13.3. The number of benzene rings is 2. The first-order valence-corrected chi connectivity index (χ1v) is 8.81. The van der Waals surface area contributed by atoms with Gasteiger partial charge in [0.15, 0.2) is 14.1 Å². The van der Waals surface area contributed by atoms with E-state index in [0.717, 1.165) is 0 Å². The average molecular weight is 295 g/mol. The van der Waals surface area contributed by atoms with Gasteiger partial charge in [0.1, 0.15) is 0 Å². The van der Waals surface area contributed by atoms with Crippen LogP contribution in [-0.2, 0) is 0 Å². The Labute approximate surface area is 130 Å². The Hall–Kier alpha value is -1.86. The molecule has 0 aliphatic carbocycles. The standard InChI is InChI=1S/C18H17S.C2H6/c1-3-15-16-12-8-9-13-18(16)19(17(15)4-2)14-10-6-5-7-11-14;1-2/h3-13H,1-2H3;1-2H3/q+1;/b15-3-,17-4+;. The number of hydrogen-bond acceptors (Lipinski definition) is 0. The molecule has 0 saturated heterocycles. The molecule has 0 saturated carbocycles. The highest BCUT2D eigenvalue weighted by Gasteiger charge is 2.19. The second-order valence-corrected chi connectivity index (χ2v) is 6.43. The molecule has 0 spiro atoms. The minimum atomic E-state index is 0.0594. The Morgan fingerprint density at radius 3 is 2.00 bits per heavy atom. The molecule has 0 nitrogen and oxygen atoms in total. The summed E-state index contributed by atoms with van der Waals surface area (Å²) in [4.78, 5) is 1.40. The van der Waals surface area contributed by atoms with E-state index in [1.165, 1.54) is 24.7 Å². The Morgan fingerprint density at radius 1 is 0.762 bits per heavy atom. The van der Waals surface area contributed by atoms with Gasteiger partial charge in [-0.2, -0.15) is 0 Å². The molecule has 0 N–H and O–H groups in total. The predicted octanol–water partition coefficient (Wildman–Crippen LogP) is 5.21. The van der Waals surface area contributed by atoms with E-state index < -0.39 is 0 Å².